The molecule has 2 heterocycles. The number of rotatable bonds is 4. The largest absolute Gasteiger partial charge is 0.292 e. The van der Waals surface area contributed by atoms with Crippen molar-refractivity contribution >= 4 is 28.5 Å². The average molecular weight is 335 g/mol. The molecule has 0 aliphatic carbocycles. The summed E-state index contributed by atoms with van der Waals surface area (Å²) in [6, 6.07) is 12.9. The number of benzene rings is 1. The normalized spacial score (nSPS) is 11.4. The molecule has 1 atom stereocenters. The lowest BCUT2D eigenvalue weighted by Gasteiger charge is -2.03. The molecule has 110 valence electrons. The lowest BCUT2D eigenvalue weighted by atomic mass is 10.0. The summed E-state index contributed by atoms with van der Waals surface area (Å²) in [5.74, 6) is -1.11. The third-order valence-corrected chi connectivity index (χ3v) is 4.87. The number of nitriles is 2. The molecule has 0 unspecified atom stereocenters. The van der Waals surface area contributed by atoms with Gasteiger partial charge in [0.25, 0.3) is 0 Å². The Balaban J connectivity index is 1.89. The minimum atomic E-state index is -0.887. The predicted molar refractivity (Wildman–Crippen MR) is 89.3 cm³/mol. The summed E-state index contributed by atoms with van der Waals surface area (Å²) in [5.41, 5.74) is 2.67. The molecule has 0 saturated heterocycles. The number of thiazole rings is 1. The molecular formula is C17H9N3OS2. The molecule has 0 aliphatic heterocycles. The highest BCUT2D eigenvalue weighted by atomic mass is 32.1. The predicted octanol–water partition coefficient (Wildman–Crippen LogP) is 4.23. The number of hydrogen-bond donors (Lipinski definition) is 0. The minimum Gasteiger partial charge on any atom is -0.292 e. The zero-order valence-electron chi connectivity index (χ0n) is 11.8. The summed E-state index contributed by atoms with van der Waals surface area (Å²) >= 11 is 2.72. The van der Waals surface area contributed by atoms with Crippen LogP contribution in [-0.4, -0.2) is 10.8 Å². The summed E-state index contributed by atoms with van der Waals surface area (Å²) < 4.78 is 0. The molecule has 0 amide bonds. The highest BCUT2D eigenvalue weighted by molar-refractivity contribution is 7.10. The minimum absolute atomic E-state index is 0.227. The van der Waals surface area contributed by atoms with Gasteiger partial charge in [-0.25, -0.2) is 4.98 Å². The van der Waals surface area contributed by atoms with Crippen molar-refractivity contribution in [3.8, 4) is 23.4 Å². The van der Waals surface area contributed by atoms with E-state index in [1.165, 1.54) is 22.7 Å². The first-order valence-electron chi connectivity index (χ1n) is 6.65. The maximum absolute atomic E-state index is 12.4. The van der Waals surface area contributed by atoms with Crippen molar-refractivity contribution in [1.82, 2.24) is 4.98 Å². The highest BCUT2D eigenvalue weighted by Crippen LogP contribution is 2.29. The van der Waals surface area contributed by atoms with E-state index >= 15 is 0 Å². The van der Waals surface area contributed by atoms with Crippen molar-refractivity contribution < 1.29 is 4.79 Å². The zero-order chi connectivity index (χ0) is 16.2. The topological polar surface area (TPSA) is 77.5 Å². The molecule has 3 aromatic rings. The van der Waals surface area contributed by atoms with E-state index in [0.29, 0.717) is 21.8 Å². The van der Waals surface area contributed by atoms with Gasteiger partial charge >= 0.3 is 0 Å². The Morgan fingerprint density at radius 1 is 1.13 bits per heavy atom. The monoisotopic (exact) mass is 335 g/mol. The maximum Gasteiger partial charge on any atom is 0.187 e. The summed E-state index contributed by atoms with van der Waals surface area (Å²) in [7, 11) is 0. The number of nitrogens with zero attached hydrogens (tertiary/aromatic N) is 3. The number of thiophene rings is 1. The third-order valence-electron chi connectivity index (χ3n) is 3.28. The van der Waals surface area contributed by atoms with E-state index in [1.807, 2.05) is 16.8 Å². The van der Waals surface area contributed by atoms with Gasteiger partial charge in [0.2, 0.25) is 0 Å². The lowest BCUT2D eigenvalue weighted by molar-refractivity contribution is 0.0979. The fourth-order valence-electron chi connectivity index (χ4n) is 2.07. The standard InChI is InChI=1S/C17H9N3OS2/c18-7-11-1-3-12(4-2-11)15-10-23-17(20-15)14(8-19)16(21)13-5-6-22-9-13/h1-6,9-10,14H/t14-/m1/s1. The van der Waals surface area contributed by atoms with Crippen LogP contribution in [0.5, 0.6) is 0 Å². The van der Waals surface area contributed by atoms with Gasteiger partial charge < -0.3 is 0 Å². The summed E-state index contributed by atoms with van der Waals surface area (Å²) in [4.78, 5) is 16.8. The third kappa shape index (κ3) is 3.04. The molecule has 0 fully saturated rings. The molecule has 0 radical (unpaired) electrons. The second-order valence-corrected chi connectivity index (χ2v) is 6.37. The Bertz CT molecular complexity index is 912. The van der Waals surface area contributed by atoms with Gasteiger partial charge in [-0.15, -0.1) is 11.3 Å². The van der Waals surface area contributed by atoms with Crippen molar-refractivity contribution in [2.75, 3.05) is 0 Å². The van der Waals surface area contributed by atoms with Gasteiger partial charge in [-0.1, -0.05) is 12.1 Å². The molecule has 1 aromatic carbocycles. The van der Waals surface area contributed by atoms with E-state index in [9.17, 15) is 10.1 Å². The van der Waals surface area contributed by atoms with E-state index in [-0.39, 0.29) is 5.78 Å². The van der Waals surface area contributed by atoms with Crippen LogP contribution in [0.25, 0.3) is 11.3 Å². The van der Waals surface area contributed by atoms with Gasteiger partial charge in [0.1, 0.15) is 5.01 Å². The molecule has 0 aliphatic rings. The molecular weight excluding hydrogens is 326 g/mol. The quantitative estimate of drug-likeness (QED) is 0.668. The van der Waals surface area contributed by atoms with Crippen molar-refractivity contribution in [2.45, 2.75) is 5.92 Å². The first-order chi connectivity index (χ1) is 11.2. The van der Waals surface area contributed by atoms with Crippen LogP contribution in [0.3, 0.4) is 0 Å². The van der Waals surface area contributed by atoms with Gasteiger partial charge in [-0.2, -0.15) is 21.9 Å². The molecule has 6 heteroatoms. The second kappa shape index (κ2) is 6.53. The van der Waals surface area contributed by atoms with Gasteiger partial charge in [0.05, 0.1) is 23.4 Å². The van der Waals surface area contributed by atoms with E-state index in [4.69, 9.17) is 5.26 Å². The number of carbonyl (C=O) groups is 1. The Labute approximate surface area is 140 Å². The van der Waals surface area contributed by atoms with Crippen LogP contribution in [0.2, 0.25) is 0 Å². The Morgan fingerprint density at radius 2 is 1.91 bits per heavy atom. The second-order valence-electron chi connectivity index (χ2n) is 4.70. The molecule has 23 heavy (non-hydrogen) atoms. The van der Waals surface area contributed by atoms with Crippen LogP contribution in [0.4, 0.5) is 0 Å². The number of Topliss-reactive ketones (excluding diaryl/α,β-unsaturated/α-hetero) is 1. The highest BCUT2D eigenvalue weighted by Gasteiger charge is 2.25. The van der Waals surface area contributed by atoms with E-state index < -0.39 is 5.92 Å². The van der Waals surface area contributed by atoms with Crippen LogP contribution in [0.15, 0.2) is 46.5 Å². The molecule has 2 aromatic heterocycles. The first-order valence-corrected chi connectivity index (χ1v) is 8.47. The van der Waals surface area contributed by atoms with Crippen molar-refractivity contribution in [2.24, 2.45) is 0 Å². The number of hydrogen-bond acceptors (Lipinski definition) is 6. The van der Waals surface area contributed by atoms with E-state index in [2.05, 4.69) is 11.1 Å². The van der Waals surface area contributed by atoms with E-state index in [0.717, 1.165) is 5.56 Å². The van der Waals surface area contributed by atoms with Crippen LogP contribution in [-0.2, 0) is 0 Å². The van der Waals surface area contributed by atoms with Crippen molar-refractivity contribution in [3.05, 3.63) is 62.6 Å². The molecule has 0 N–H and O–H groups in total. The van der Waals surface area contributed by atoms with Crippen molar-refractivity contribution in [1.29, 1.82) is 10.5 Å². The SMILES string of the molecule is N#Cc1ccc(-c2csc([C@H](C#N)C(=O)c3ccsc3)n2)cc1. The van der Waals surface area contributed by atoms with Crippen molar-refractivity contribution in [3.63, 3.8) is 0 Å². The average Bonchev–Trinajstić information content (AvgIpc) is 3.27. The van der Waals surface area contributed by atoms with Gasteiger partial charge in [-0.05, 0) is 23.6 Å². The number of aromatic nitrogens is 1. The molecule has 3 rings (SSSR count). The Morgan fingerprint density at radius 3 is 2.52 bits per heavy atom. The van der Waals surface area contributed by atoms with Gasteiger partial charge in [0.15, 0.2) is 11.7 Å². The van der Waals surface area contributed by atoms with Crippen LogP contribution < -0.4 is 0 Å². The fourth-order valence-corrected chi connectivity index (χ4v) is 3.58. The fraction of sp³-hybridized carbons (Fsp3) is 0.0588. The van der Waals surface area contributed by atoms with Gasteiger partial charge in [-0.3, -0.25) is 4.79 Å². The molecule has 4 nitrogen and oxygen atoms in total. The Kier molecular flexibility index (Phi) is 4.29. The summed E-state index contributed by atoms with van der Waals surface area (Å²) in [6.07, 6.45) is 0. The molecule has 0 bridgehead atoms. The summed E-state index contributed by atoms with van der Waals surface area (Å²) in [5, 5.41) is 24.0. The molecule has 0 saturated carbocycles. The van der Waals surface area contributed by atoms with E-state index in [1.54, 1.807) is 35.7 Å². The zero-order valence-corrected chi connectivity index (χ0v) is 13.4. The molecule has 0 spiro atoms. The number of ketones is 1. The summed E-state index contributed by atoms with van der Waals surface area (Å²) in [6.45, 7) is 0. The van der Waals surface area contributed by atoms with Crippen LogP contribution >= 0.6 is 22.7 Å². The maximum atomic E-state index is 12.4. The van der Waals surface area contributed by atoms with Crippen LogP contribution in [0.1, 0.15) is 26.8 Å². The van der Waals surface area contributed by atoms with Crippen LogP contribution in [0, 0.1) is 22.7 Å². The number of carbonyl (C=O) groups excluding carboxylic acids is 1. The lowest BCUT2D eigenvalue weighted by Crippen LogP contribution is -2.10. The van der Waals surface area contributed by atoms with Gasteiger partial charge in [0, 0.05) is 21.9 Å². The smallest absolute Gasteiger partial charge is 0.187 e. The first kappa shape index (κ1) is 15.1. The Hall–Kier alpha value is -2.80.